The van der Waals surface area contributed by atoms with Crippen molar-refractivity contribution in [2.24, 2.45) is 7.05 Å². The highest BCUT2D eigenvalue weighted by molar-refractivity contribution is 7.99. The molecule has 0 unspecified atom stereocenters. The second kappa shape index (κ2) is 11.0. The number of nitrogens with one attached hydrogen (secondary N) is 2. The van der Waals surface area contributed by atoms with Gasteiger partial charge >= 0.3 is 0 Å². The largest absolute Gasteiger partial charge is 0.342 e. The molecule has 2 amide bonds. The maximum atomic E-state index is 12.6. The lowest BCUT2D eigenvalue weighted by atomic mass is 10.1. The fourth-order valence-electron chi connectivity index (χ4n) is 3.33. The number of halogens is 1. The van der Waals surface area contributed by atoms with Crippen LogP contribution in [-0.4, -0.2) is 37.3 Å². The van der Waals surface area contributed by atoms with Crippen molar-refractivity contribution in [3.8, 4) is 11.3 Å². The average Bonchev–Trinajstić information content (AvgIpc) is 3.44. The van der Waals surface area contributed by atoms with Crippen LogP contribution in [0.1, 0.15) is 34.7 Å². The van der Waals surface area contributed by atoms with Gasteiger partial charge in [0.25, 0.3) is 5.91 Å². The van der Waals surface area contributed by atoms with Gasteiger partial charge in [0, 0.05) is 28.6 Å². The third-order valence-corrected chi connectivity index (χ3v) is 7.14. The molecule has 0 spiro atoms. The van der Waals surface area contributed by atoms with Crippen LogP contribution in [-0.2, 0) is 11.8 Å². The normalized spacial score (nSPS) is 11.8. The number of hydrogen-bond acceptors (Lipinski definition) is 7. The number of anilines is 1. The Kier molecular flexibility index (Phi) is 7.84. The van der Waals surface area contributed by atoms with Crippen LogP contribution in [0.25, 0.3) is 11.3 Å². The number of aromatic nitrogens is 4. The summed E-state index contributed by atoms with van der Waals surface area (Å²) in [6, 6.07) is 14.4. The Morgan fingerprint density at radius 1 is 1.17 bits per heavy atom. The van der Waals surface area contributed by atoms with Crippen LogP contribution in [0, 0.1) is 6.92 Å². The van der Waals surface area contributed by atoms with Crippen molar-refractivity contribution in [1.82, 2.24) is 25.1 Å². The number of nitrogens with zero attached hydrogens (tertiary/aromatic N) is 4. The number of aryl methyl sites for hydroxylation is 1. The number of hydrogen-bond donors (Lipinski definition) is 2. The first-order valence-corrected chi connectivity index (χ1v) is 13.0. The maximum absolute atomic E-state index is 12.6. The zero-order valence-electron chi connectivity index (χ0n) is 19.3. The van der Waals surface area contributed by atoms with E-state index in [2.05, 4.69) is 25.8 Å². The predicted molar refractivity (Wildman–Crippen MR) is 140 cm³/mol. The van der Waals surface area contributed by atoms with Crippen LogP contribution in [0.5, 0.6) is 0 Å². The van der Waals surface area contributed by atoms with E-state index in [0.717, 1.165) is 16.8 Å². The van der Waals surface area contributed by atoms with Crippen LogP contribution in [0.2, 0.25) is 5.02 Å². The molecule has 0 aliphatic heterocycles. The molecule has 180 valence electrons. The molecule has 0 radical (unpaired) electrons. The molecule has 0 saturated heterocycles. The third kappa shape index (κ3) is 6.27. The highest BCUT2D eigenvalue weighted by Gasteiger charge is 2.19. The van der Waals surface area contributed by atoms with Crippen LogP contribution < -0.4 is 10.6 Å². The smallest absolute Gasteiger partial charge is 0.251 e. The van der Waals surface area contributed by atoms with E-state index in [1.54, 1.807) is 22.8 Å². The van der Waals surface area contributed by atoms with Crippen LogP contribution in [0.4, 0.5) is 5.13 Å². The molecule has 0 bridgehead atoms. The van der Waals surface area contributed by atoms with E-state index in [1.807, 2.05) is 56.6 Å². The first-order chi connectivity index (χ1) is 16.8. The lowest BCUT2D eigenvalue weighted by Crippen LogP contribution is -2.28. The Balaban J connectivity index is 1.32. The van der Waals surface area contributed by atoms with Gasteiger partial charge in [-0.25, -0.2) is 4.98 Å². The van der Waals surface area contributed by atoms with Crippen LogP contribution in [0.15, 0.2) is 59.1 Å². The van der Waals surface area contributed by atoms with Crippen molar-refractivity contribution in [2.75, 3.05) is 11.1 Å². The molecular weight excluding hydrogens is 504 g/mol. The molecular formula is C24H23ClN6O2S2. The molecule has 0 aliphatic rings. The molecule has 0 fully saturated rings. The predicted octanol–water partition coefficient (Wildman–Crippen LogP) is 5.12. The molecule has 0 aliphatic carbocycles. The van der Waals surface area contributed by atoms with Gasteiger partial charge in [-0.2, -0.15) is 0 Å². The van der Waals surface area contributed by atoms with Crippen LogP contribution in [0.3, 0.4) is 0 Å². The Labute approximate surface area is 216 Å². The molecule has 2 N–H and O–H groups in total. The number of rotatable bonds is 8. The molecule has 2 aromatic heterocycles. The summed E-state index contributed by atoms with van der Waals surface area (Å²) in [5.41, 5.74) is 3.30. The average molecular weight is 527 g/mol. The minimum absolute atomic E-state index is 0.145. The molecule has 2 aromatic carbocycles. The number of thioether (sulfide) groups is 1. The minimum atomic E-state index is -0.356. The Morgan fingerprint density at radius 3 is 2.69 bits per heavy atom. The second-order valence-electron chi connectivity index (χ2n) is 7.85. The quantitative estimate of drug-likeness (QED) is 0.309. The van der Waals surface area contributed by atoms with Gasteiger partial charge in [0.15, 0.2) is 16.1 Å². The van der Waals surface area contributed by atoms with Crippen molar-refractivity contribution in [3.63, 3.8) is 0 Å². The summed E-state index contributed by atoms with van der Waals surface area (Å²) in [4.78, 5) is 29.5. The summed E-state index contributed by atoms with van der Waals surface area (Å²) < 4.78 is 1.78. The number of benzene rings is 2. The van der Waals surface area contributed by atoms with E-state index < -0.39 is 0 Å². The van der Waals surface area contributed by atoms with Crippen molar-refractivity contribution < 1.29 is 9.59 Å². The maximum Gasteiger partial charge on any atom is 0.251 e. The number of thiazole rings is 1. The molecule has 8 nitrogen and oxygen atoms in total. The summed E-state index contributed by atoms with van der Waals surface area (Å²) >= 11 is 8.55. The van der Waals surface area contributed by atoms with Gasteiger partial charge in [0.2, 0.25) is 5.91 Å². The number of carbonyl (C=O) groups excluding carboxylic acids is 2. The molecule has 0 saturated carbocycles. The van der Waals surface area contributed by atoms with Gasteiger partial charge < -0.3 is 15.2 Å². The van der Waals surface area contributed by atoms with Gasteiger partial charge in [-0.15, -0.1) is 21.5 Å². The SMILES string of the molecule is Cc1cccc(C(=O)N[C@H](C)c2nnc(SCC(=O)Nc3nc(-c4ccc(Cl)cc4)cs3)n2C)c1. The zero-order valence-corrected chi connectivity index (χ0v) is 21.7. The van der Waals surface area contributed by atoms with E-state index in [1.165, 1.54) is 23.1 Å². The Bertz CT molecular complexity index is 1350. The van der Waals surface area contributed by atoms with E-state index >= 15 is 0 Å². The first-order valence-electron chi connectivity index (χ1n) is 10.7. The highest BCUT2D eigenvalue weighted by Crippen LogP contribution is 2.26. The Hall–Kier alpha value is -3.21. The minimum Gasteiger partial charge on any atom is -0.342 e. The van der Waals surface area contributed by atoms with E-state index in [9.17, 15) is 9.59 Å². The van der Waals surface area contributed by atoms with Gasteiger partial charge in [-0.3, -0.25) is 9.59 Å². The van der Waals surface area contributed by atoms with Crippen molar-refractivity contribution in [1.29, 1.82) is 0 Å². The summed E-state index contributed by atoms with van der Waals surface area (Å²) in [5.74, 6) is 0.365. The zero-order chi connectivity index (χ0) is 24.9. The van der Waals surface area contributed by atoms with Crippen LogP contribution >= 0.6 is 34.7 Å². The third-order valence-electron chi connectivity index (χ3n) is 5.11. The fraction of sp³-hybridized carbons (Fsp3) is 0.208. The Morgan fingerprint density at radius 2 is 1.94 bits per heavy atom. The van der Waals surface area contributed by atoms with Gasteiger partial charge in [-0.05, 0) is 38.1 Å². The van der Waals surface area contributed by atoms with E-state index in [-0.39, 0.29) is 23.6 Å². The lowest BCUT2D eigenvalue weighted by Gasteiger charge is -2.14. The second-order valence-corrected chi connectivity index (χ2v) is 10.1. The lowest BCUT2D eigenvalue weighted by molar-refractivity contribution is -0.113. The summed E-state index contributed by atoms with van der Waals surface area (Å²) in [6.45, 7) is 3.79. The fourth-order valence-corrected chi connectivity index (χ4v) is 4.91. The van der Waals surface area contributed by atoms with Gasteiger partial charge in [0.05, 0.1) is 17.5 Å². The molecule has 2 heterocycles. The van der Waals surface area contributed by atoms with E-state index in [4.69, 9.17) is 11.6 Å². The van der Waals surface area contributed by atoms with Crippen molar-refractivity contribution >= 4 is 51.6 Å². The number of carbonyl (C=O) groups is 2. The molecule has 4 rings (SSSR count). The van der Waals surface area contributed by atoms with E-state index in [0.29, 0.717) is 26.7 Å². The van der Waals surface area contributed by atoms with Crippen molar-refractivity contribution in [3.05, 3.63) is 75.9 Å². The first kappa shape index (κ1) is 24.9. The standard InChI is InChI=1S/C24H23ClN6O2S2/c1-14-5-4-6-17(11-14)22(33)26-15(2)21-29-30-24(31(21)3)35-13-20(32)28-23-27-19(12-34-23)16-7-9-18(25)10-8-16/h4-12,15H,13H2,1-3H3,(H,26,33)(H,27,28,32)/t15-/m1/s1. The molecule has 11 heteroatoms. The monoisotopic (exact) mass is 526 g/mol. The topological polar surface area (TPSA) is 102 Å². The number of amides is 2. The molecule has 4 aromatic rings. The van der Waals surface area contributed by atoms with Gasteiger partial charge in [-0.1, -0.05) is 53.2 Å². The van der Waals surface area contributed by atoms with Crippen molar-refractivity contribution in [2.45, 2.75) is 25.0 Å². The van der Waals surface area contributed by atoms with Gasteiger partial charge in [0.1, 0.15) is 0 Å². The summed E-state index contributed by atoms with van der Waals surface area (Å²) in [5, 5.41) is 17.8. The summed E-state index contributed by atoms with van der Waals surface area (Å²) in [6.07, 6.45) is 0. The highest BCUT2D eigenvalue weighted by atomic mass is 35.5. The molecule has 35 heavy (non-hydrogen) atoms. The summed E-state index contributed by atoms with van der Waals surface area (Å²) in [7, 11) is 1.81. The molecule has 1 atom stereocenters.